The third kappa shape index (κ3) is 14.1. The fourth-order valence-electron chi connectivity index (χ4n) is 2.05. The van der Waals surface area contributed by atoms with Gasteiger partial charge in [0.1, 0.15) is 0 Å². The maximum atomic E-state index is 11.3. The van der Waals surface area contributed by atoms with Crippen LogP contribution < -0.4 is 5.32 Å². The fraction of sp³-hybridized carbons (Fsp3) is 0.941. The van der Waals surface area contributed by atoms with E-state index in [1.807, 2.05) is 0 Å². The topological polar surface area (TPSA) is 58.6 Å². The number of ether oxygens (including phenoxy) is 1. The van der Waals surface area contributed by atoms with E-state index in [0.717, 1.165) is 19.5 Å². The Bertz CT molecular complexity index is 249. The summed E-state index contributed by atoms with van der Waals surface area (Å²) >= 11 is 0. The molecule has 0 atom stereocenters. The fourth-order valence-corrected chi connectivity index (χ4v) is 2.05. The van der Waals surface area contributed by atoms with Crippen molar-refractivity contribution in [1.82, 2.24) is 5.32 Å². The highest BCUT2D eigenvalue weighted by Gasteiger charge is 2.25. The molecule has 2 N–H and O–H groups in total. The minimum absolute atomic E-state index is 0.368. The van der Waals surface area contributed by atoms with E-state index >= 15 is 0 Å². The van der Waals surface area contributed by atoms with Crippen molar-refractivity contribution in [2.24, 2.45) is 0 Å². The van der Waals surface area contributed by atoms with Crippen LogP contribution in [0.5, 0.6) is 0 Å². The van der Waals surface area contributed by atoms with Gasteiger partial charge in [-0.2, -0.15) is 0 Å². The minimum atomic E-state index is -1.38. The second-order valence-electron chi connectivity index (χ2n) is 6.27. The van der Waals surface area contributed by atoms with Gasteiger partial charge in [0, 0.05) is 0 Å². The van der Waals surface area contributed by atoms with Gasteiger partial charge in [-0.05, 0) is 39.8 Å². The second kappa shape index (κ2) is 13.1. The van der Waals surface area contributed by atoms with Crippen LogP contribution in [0.15, 0.2) is 0 Å². The van der Waals surface area contributed by atoms with E-state index in [9.17, 15) is 9.90 Å². The van der Waals surface area contributed by atoms with Crippen molar-refractivity contribution in [3.05, 3.63) is 0 Å². The lowest BCUT2D eigenvalue weighted by Gasteiger charge is -2.15. The molecule has 0 aliphatic carbocycles. The Balaban J connectivity index is 3.14. The summed E-state index contributed by atoms with van der Waals surface area (Å²) in [6.07, 6.45) is 11.5. The molecule has 126 valence electrons. The lowest BCUT2D eigenvalue weighted by Crippen LogP contribution is -2.33. The first-order valence-electron chi connectivity index (χ1n) is 8.58. The molecular weight excluding hydrogens is 266 g/mol. The molecule has 4 nitrogen and oxygen atoms in total. The predicted octanol–water partition coefficient (Wildman–Crippen LogP) is 3.42. The number of carbonyl (C=O) groups excluding carboxylic acids is 1. The summed E-state index contributed by atoms with van der Waals surface area (Å²) in [6, 6.07) is 0. The van der Waals surface area contributed by atoms with E-state index in [0.29, 0.717) is 6.61 Å². The zero-order chi connectivity index (χ0) is 16.0. The number of aliphatic hydroxyl groups is 1. The van der Waals surface area contributed by atoms with Gasteiger partial charge >= 0.3 is 5.97 Å². The lowest BCUT2D eigenvalue weighted by atomic mass is 10.1. The number of hydrogen-bond donors (Lipinski definition) is 2. The number of esters is 1. The number of carbonyl (C=O) groups is 1. The van der Waals surface area contributed by atoms with Gasteiger partial charge in [0.25, 0.3) is 0 Å². The summed E-state index contributed by atoms with van der Waals surface area (Å²) in [6.45, 7) is 7.39. The number of nitrogens with one attached hydrogen (secondary N) is 1. The zero-order valence-electron chi connectivity index (χ0n) is 14.2. The molecule has 0 amide bonds. The smallest absolute Gasteiger partial charge is 0.337 e. The van der Waals surface area contributed by atoms with E-state index in [2.05, 4.69) is 12.2 Å². The SMILES string of the molecule is CCCCCCCCCCNCCCOC(=O)C(C)(C)O. The number of rotatable bonds is 14. The third-order valence-electron chi connectivity index (χ3n) is 3.44. The molecule has 0 unspecified atom stereocenters. The van der Waals surface area contributed by atoms with E-state index in [-0.39, 0.29) is 0 Å². The van der Waals surface area contributed by atoms with Gasteiger partial charge in [0.15, 0.2) is 5.60 Å². The minimum Gasteiger partial charge on any atom is -0.464 e. The maximum Gasteiger partial charge on any atom is 0.337 e. The molecule has 4 heteroatoms. The summed E-state index contributed by atoms with van der Waals surface area (Å²) in [5.41, 5.74) is -1.38. The quantitative estimate of drug-likeness (QED) is 0.381. The van der Waals surface area contributed by atoms with Crippen molar-refractivity contribution in [3.63, 3.8) is 0 Å². The van der Waals surface area contributed by atoms with Crippen LogP contribution in [0, 0.1) is 0 Å². The van der Waals surface area contributed by atoms with Gasteiger partial charge in [-0.15, -0.1) is 0 Å². The van der Waals surface area contributed by atoms with Crippen LogP contribution in [-0.4, -0.2) is 36.4 Å². The first-order chi connectivity index (χ1) is 9.98. The van der Waals surface area contributed by atoms with Crippen LogP contribution in [0.2, 0.25) is 0 Å². The van der Waals surface area contributed by atoms with E-state index in [4.69, 9.17) is 4.74 Å². The van der Waals surface area contributed by atoms with Crippen LogP contribution in [0.3, 0.4) is 0 Å². The Labute approximate surface area is 130 Å². The van der Waals surface area contributed by atoms with Crippen LogP contribution in [0.1, 0.15) is 78.6 Å². The number of hydrogen-bond acceptors (Lipinski definition) is 4. The Kier molecular flexibility index (Phi) is 12.7. The maximum absolute atomic E-state index is 11.3. The van der Waals surface area contributed by atoms with Gasteiger partial charge in [0.2, 0.25) is 0 Å². The van der Waals surface area contributed by atoms with Gasteiger partial charge in [0.05, 0.1) is 6.61 Å². The highest BCUT2D eigenvalue weighted by Crippen LogP contribution is 2.08. The molecule has 0 aliphatic rings. The van der Waals surface area contributed by atoms with E-state index < -0.39 is 11.6 Å². The summed E-state index contributed by atoms with van der Waals surface area (Å²) in [7, 11) is 0. The van der Waals surface area contributed by atoms with Crippen LogP contribution in [0.25, 0.3) is 0 Å². The Morgan fingerprint density at radius 3 is 2.05 bits per heavy atom. The van der Waals surface area contributed by atoms with Gasteiger partial charge < -0.3 is 15.2 Å². The summed E-state index contributed by atoms with van der Waals surface area (Å²) in [5, 5.41) is 12.7. The second-order valence-corrected chi connectivity index (χ2v) is 6.27. The molecule has 0 saturated heterocycles. The molecule has 0 aromatic carbocycles. The van der Waals surface area contributed by atoms with Crippen molar-refractivity contribution in [3.8, 4) is 0 Å². The van der Waals surface area contributed by atoms with Crippen LogP contribution in [-0.2, 0) is 9.53 Å². The number of unbranched alkanes of at least 4 members (excludes halogenated alkanes) is 7. The summed E-state index contributed by atoms with van der Waals surface area (Å²) in [4.78, 5) is 11.3. The van der Waals surface area contributed by atoms with Crippen molar-refractivity contribution in [1.29, 1.82) is 0 Å². The van der Waals surface area contributed by atoms with Gasteiger partial charge in [-0.25, -0.2) is 4.79 Å². The Morgan fingerprint density at radius 2 is 1.48 bits per heavy atom. The van der Waals surface area contributed by atoms with Gasteiger partial charge in [-0.3, -0.25) is 0 Å². The normalized spacial score (nSPS) is 11.6. The highest BCUT2D eigenvalue weighted by molar-refractivity contribution is 5.78. The molecule has 0 fully saturated rings. The molecule has 0 aromatic heterocycles. The third-order valence-corrected chi connectivity index (χ3v) is 3.44. The molecular formula is C17H35NO3. The average molecular weight is 301 g/mol. The van der Waals surface area contributed by atoms with Crippen molar-refractivity contribution < 1.29 is 14.6 Å². The summed E-state index contributed by atoms with van der Waals surface area (Å²) < 4.78 is 4.97. The first kappa shape index (κ1) is 20.4. The molecule has 0 aliphatic heterocycles. The van der Waals surface area contributed by atoms with Gasteiger partial charge in [-0.1, -0.05) is 51.9 Å². The Hall–Kier alpha value is -0.610. The molecule has 0 radical (unpaired) electrons. The molecule has 0 bridgehead atoms. The van der Waals surface area contributed by atoms with Crippen LogP contribution in [0.4, 0.5) is 0 Å². The average Bonchev–Trinajstić information content (AvgIpc) is 2.42. The molecule has 0 heterocycles. The van der Waals surface area contributed by atoms with E-state index in [1.54, 1.807) is 0 Å². The van der Waals surface area contributed by atoms with E-state index in [1.165, 1.54) is 65.2 Å². The summed E-state index contributed by atoms with van der Waals surface area (Å²) in [5.74, 6) is -0.550. The molecule has 0 saturated carbocycles. The lowest BCUT2D eigenvalue weighted by molar-refractivity contribution is -0.161. The highest BCUT2D eigenvalue weighted by atomic mass is 16.5. The standard InChI is InChI=1S/C17H35NO3/c1-4-5-6-7-8-9-10-11-13-18-14-12-15-21-16(19)17(2,3)20/h18,20H,4-15H2,1-3H3. The molecule has 0 rings (SSSR count). The van der Waals surface area contributed by atoms with Crippen molar-refractivity contribution >= 4 is 5.97 Å². The monoisotopic (exact) mass is 301 g/mol. The van der Waals surface area contributed by atoms with Crippen LogP contribution >= 0.6 is 0 Å². The Morgan fingerprint density at radius 1 is 0.952 bits per heavy atom. The van der Waals surface area contributed by atoms with Crippen molar-refractivity contribution in [2.45, 2.75) is 84.2 Å². The first-order valence-corrected chi connectivity index (χ1v) is 8.58. The molecule has 0 spiro atoms. The largest absolute Gasteiger partial charge is 0.464 e. The molecule has 0 aromatic rings. The molecule has 21 heavy (non-hydrogen) atoms. The zero-order valence-corrected chi connectivity index (χ0v) is 14.2. The predicted molar refractivity (Wildman–Crippen MR) is 87.4 cm³/mol. The van der Waals surface area contributed by atoms with Crippen molar-refractivity contribution in [2.75, 3.05) is 19.7 Å².